The summed E-state index contributed by atoms with van der Waals surface area (Å²) in [5, 5.41) is 18.4. The fourth-order valence-electron chi connectivity index (χ4n) is 2.55. The number of hydrogen-bond acceptors (Lipinski definition) is 4. The van der Waals surface area contributed by atoms with E-state index in [9.17, 15) is 9.90 Å². The van der Waals surface area contributed by atoms with Crippen LogP contribution in [0.3, 0.4) is 0 Å². The van der Waals surface area contributed by atoms with Gasteiger partial charge >= 0.3 is 5.97 Å². The number of aliphatic hydroxyl groups is 1. The molecule has 0 amide bonds. The molecule has 0 bridgehead atoms. The summed E-state index contributed by atoms with van der Waals surface area (Å²) in [6.07, 6.45) is 4.03. The van der Waals surface area contributed by atoms with E-state index in [1.54, 1.807) is 0 Å². The number of nitrogens with two attached hydrogens (primary N) is 1. The number of unbranched alkanes of at least 4 members (excludes halogenated alkanes) is 1. The van der Waals surface area contributed by atoms with Crippen LogP contribution in [0.1, 0.15) is 32.1 Å². The molecule has 1 saturated heterocycles. The average Bonchev–Trinajstić information content (AvgIpc) is 2.84. The SMILES string of the molecule is [B]CCCC[C@@](N)(CCN1CCC(CO)C1)C(=O)O. The van der Waals surface area contributed by atoms with E-state index in [0.29, 0.717) is 31.6 Å². The molecular weight excluding hydrogens is 243 g/mol. The largest absolute Gasteiger partial charge is 0.480 e. The van der Waals surface area contributed by atoms with Crippen LogP contribution in [0.25, 0.3) is 0 Å². The van der Waals surface area contributed by atoms with Gasteiger partial charge in [0.15, 0.2) is 0 Å². The summed E-state index contributed by atoms with van der Waals surface area (Å²) in [5.41, 5.74) is 4.86. The molecule has 2 radical (unpaired) electrons. The minimum Gasteiger partial charge on any atom is -0.480 e. The maximum Gasteiger partial charge on any atom is 0.323 e. The second kappa shape index (κ2) is 7.87. The zero-order valence-electron chi connectivity index (χ0n) is 11.6. The monoisotopic (exact) mass is 268 g/mol. The van der Waals surface area contributed by atoms with Crippen LogP contribution in [0.4, 0.5) is 0 Å². The third-order valence-electron chi connectivity index (χ3n) is 4.01. The maximum absolute atomic E-state index is 11.3. The van der Waals surface area contributed by atoms with Gasteiger partial charge in [0.2, 0.25) is 0 Å². The Balaban J connectivity index is 2.39. The molecule has 1 heterocycles. The smallest absolute Gasteiger partial charge is 0.323 e. The number of aliphatic carboxylic acids is 1. The second-order valence-corrected chi connectivity index (χ2v) is 5.59. The minimum absolute atomic E-state index is 0.208. The van der Waals surface area contributed by atoms with E-state index in [4.69, 9.17) is 18.7 Å². The van der Waals surface area contributed by atoms with Gasteiger partial charge in [0.1, 0.15) is 5.54 Å². The van der Waals surface area contributed by atoms with Gasteiger partial charge in [-0.05, 0) is 31.7 Å². The molecule has 108 valence electrons. The Labute approximate surface area is 116 Å². The molecule has 6 heteroatoms. The van der Waals surface area contributed by atoms with Crippen LogP contribution in [0, 0.1) is 5.92 Å². The fourth-order valence-corrected chi connectivity index (χ4v) is 2.55. The van der Waals surface area contributed by atoms with Crippen molar-refractivity contribution in [1.82, 2.24) is 4.90 Å². The molecule has 4 N–H and O–H groups in total. The highest BCUT2D eigenvalue weighted by Gasteiger charge is 2.34. The van der Waals surface area contributed by atoms with Crippen molar-refractivity contribution in [2.45, 2.75) is 44.0 Å². The third kappa shape index (κ3) is 5.13. The van der Waals surface area contributed by atoms with Crippen molar-refractivity contribution in [2.75, 3.05) is 26.2 Å². The Hall–Kier alpha value is -0.585. The van der Waals surface area contributed by atoms with Crippen molar-refractivity contribution in [2.24, 2.45) is 11.7 Å². The Morgan fingerprint density at radius 1 is 1.42 bits per heavy atom. The van der Waals surface area contributed by atoms with Gasteiger partial charge in [0.05, 0.1) is 7.85 Å². The summed E-state index contributed by atoms with van der Waals surface area (Å²) in [7, 11) is 5.42. The van der Waals surface area contributed by atoms with Crippen molar-refractivity contribution in [3.8, 4) is 0 Å². The number of hydrogen-bond donors (Lipinski definition) is 3. The standard InChI is InChI=1S/C13H25BN2O3/c14-6-2-1-4-13(15,12(18)19)5-8-16-7-3-11(9-16)10-17/h11,17H,1-10,15H2,(H,18,19)/t11?,13-/m1/s1. The molecule has 1 rings (SSSR count). The van der Waals surface area contributed by atoms with Crippen molar-refractivity contribution in [3.05, 3.63) is 0 Å². The lowest BCUT2D eigenvalue weighted by Crippen LogP contribution is -2.50. The highest BCUT2D eigenvalue weighted by atomic mass is 16.4. The van der Waals surface area contributed by atoms with Crippen molar-refractivity contribution < 1.29 is 15.0 Å². The molecule has 0 aromatic carbocycles. The number of nitrogens with zero attached hydrogens (tertiary/aromatic N) is 1. The molecule has 0 spiro atoms. The molecule has 0 aromatic heterocycles. The van der Waals surface area contributed by atoms with Crippen molar-refractivity contribution in [1.29, 1.82) is 0 Å². The predicted molar refractivity (Wildman–Crippen MR) is 75.2 cm³/mol. The summed E-state index contributed by atoms with van der Waals surface area (Å²) in [5.74, 6) is -0.600. The number of carboxylic acid groups (broad SMARTS) is 1. The van der Waals surface area contributed by atoms with Crippen LogP contribution in [-0.4, -0.2) is 60.7 Å². The first-order valence-corrected chi connectivity index (χ1v) is 7.07. The second-order valence-electron chi connectivity index (χ2n) is 5.59. The maximum atomic E-state index is 11.3. The van der Waals surface area contributed by atoms with E-state index in [-0.39, 0.29) is 6.61 Å². The molecule has 0 aromatic rings. The summed E-state index contributed by atoms with van der Waals surface area (Å²) in [6, 6.07) is 0. The highest BCUT2D eigenvalue weighted by molar-refractivity contribution is 6.08. The predicted octanol–water partition coefficient (Wildman–Crippen LogP) is 0.230. The average molecular weight is 268 g/mol. The van der Waals surface area contributed by atoms with Crippen LogP contribution in [-0.2, 0) is 4.79 Å². The Kier molecular flexibility index (Phi) is 6.82. The first kappa shape index (κ1) is 16.5. The summed E-state index contributed by atoms with van der Waals surface area (Å²) in [6.45, 7) is 2.65. The number of rotatable bonds is 9. The normalized spacial score (nSPS) is 23.4. The number of likely N-dealkylation sites (tertiary alicyclic amines) is 1. The Morgan fingerprint density at radius 3 is 2.68 bits per heavy atom. The quantitative estimate of drug-likeness (QED) is 0.411. The molecular formula is C13H25BN2O3. The minimum atomic E-state index is -1.15. The van der Waals surface area contributed by atoms with Crippen LogP contribution in [0.5, 0.6) is 0 Å². The van der Waals surface area contributed by atoms with E-state index in [2.05, 4.69) is 4.90 Å². The van der Waals surface area contributed by atoms with E-state index in [1.807, 2.05) is 0 Å². The van der Waals surface area contributed by atoms with E-state index < -0.39 is 11.5 Å². The lowest BCUT2D eigenvalue weighted by Gasteiger charge is -2.27. The first-order valence-electron chi connectivity index (χ1n) is 7.07. The Morgan fingerprint density at radius 2 is 2.16 bits per heavy atom. The van der Waals surface area contributed by atoms with Gasteiger partial charge in [0.25, 0.3) is 0 Å². The molecule has 2 atom stereocenters. The van der Waals surface area contributed by atoms with Crippen molar-refractivity contribution >= 4 is 13.8 Å². The van der Waals surface area contributed by atoms with Gasteiger partial charge in [-0.2, -0.15) is 0 Å². The van der Waals surface area contributed by atoms with Gasteiger partial charge in [-0.1, -0.05) is 19.2 Å². The Bertz CT molecular complexity index is 291. The zero-order chi connectivity index (χ0) is 14.3. The van der Waals surface area contributed by atoms with Crippen molar-refractivity contribution in [3.63, 3.8) is 0 Å². The lowest BCUT2D eigenvalue weighted by atomic mass is 9.88. The molecule has 19 heavy (non-hydrogen) atoms. The highest BCUT2D eigenvalue weighted by Crippen LogP contribution is 2.21. The van der Waals surface area contributed by atoms with E-state index >= 15 is 0 Å². The number of aliphatic hydroxyl groups excluding tert-OH is 1. The summed E-state index contributed by atoms with van der Waals surface area (Å²) in [4.78, 5) is 13.5. The van der Waals surface area contributed by atoms with Crippen LogP contribution < -0.4 is 5.73 Å². The van der Waals surface area contributed by atoms with Gasteiger partial charge in [-0.15, -0.1) is 0 Å². The molecule has 0 saturated carbocycles. The fraction of sp³-hybridized carbons (Fsp3) is 0.923. The molecule has 1 unspecified atom stereocenters. The van der Waals surface area contributed by atoms with Gasteiger partial charge in [-0.3, -0.25) is 4.79 Å². The third-order valence-corrected chi connectivity index (χ3v) is 4.01. The number of carboxylic acids is 1. The zero-order valence-corrected chi connectivity index (χ0v) is 11.6. The van der Waals surface area contributed by atoms with Gasteiger partial charge < -0.3 is 20.8 Å². The number of carbonyl (C=O) groups is 1. The molecule has 0 aliphatic carbocycles. The van der Waals surface area contributed by atoms with E-state index in [0.717, 1.165) is 32.4 Å². The van der Waals surface area contributed by atoms with Crippen LogP contribution >= 0.6 is 0 Å². The molecule has 1 aliphatic rings. The van der Waals surface area contributed by atoms with Gasteiger partial charge in [0, 0.05) is 19.7 Å². The topological polar surface area (TPSA) is 86.8 Å². The van der Waals surface area contributed by atoms with Gasteiger partial charge in [-0.25, -0.2) is 0 Å². The molecule has 5 nitrogen and oxygen atoms in total. The van der Waals surface area contributed by atoms with Crippen LogP contribution in [0.2, 0.25) is 6.32 Å². The molecule has 1 aliphatic heterocycles. The first-order chi connectivity index (χ1) is 9.01. The van der Waals surface area contributed by atoms with E-state index in [1.165, 1.54) is 0 Å². The van der Waals surface area contributed by atoms with Crippen LogP contribution in [0.15, 0.2) is 0 Å². The summed E-state index contributed by atoms with van der Waals surface area (Å²) < 4.78 is 0. The lowest BCUT2D eigenvalue weighted by molar-refractivity contribution is -0.144. The molecule has 1 fully saturated rings. The summed E-state index contributed by atoms with van der Waals surface area (Å²) >= 11 is 0.